The van der Waals surface area contributed by atoms with Crippen LogP contribution in [0.25, 0.3) is 11.4 Å². The van der Waals surface area contributed by atoms with Crippen LogP contribution in [0.4, 0.5) is 5.69 Å². The monoisotopic (exact) mass is 369 g/mol. The van der Waals surface area contributed by atoms with Crippen molar-refractivity contribution in [1.29, 1.82) is 0 Å². The lowest BCUT2D eigenvalue weighted by molar-refractivity contribution is -0.384. The van der Waals surface area contributed by atoms with Gasteiger partial charge in [-0.2, -0.15) is 4.98 Å². The lowest BCUT2D eigenvalue weighted by Gasteiger charge is -2.07. The Labute approximate surface area is 152 Å². The van der Waals surface area contributed by atoms with E-state index >= 15 is 0 Å². The van der Waals surface area contributed by atoms with Crippen LogP contribution in [0.5, 0.6) is 0 Å². The van der Waals surface area contributed by atoms with Crippen molar-refractivity contribution in [3.8, 4) is 11.4 Å². The van der Waals surface area contributed by atoms with Crippen LogP contribution in [0.3, 0.4) is 0 Å². The highest BCUT2D eigenvalue weighted by Gasteiger charge is 2.30. The predicted molar refractivity (Wildman–Crippen MR) is 90.8 cm³/mol. The number of carbonyl (C=O) groups is 1. The Morgan fingerprint density at radius 2 is 2.26 bits per heavy atom. The van der Waals surface area contributed by atoms with Gasteiger partial charge in [-0.3, -0.25) is 10.1 Å². The van der Waals surface area contributed by atoms with Crippen molar-refractivity contribution in [2.45, 2.75) is 31.8 Å². The molecule has 0 saturated heterocycles. The minimum absolute atomic E-state index is 0.0653. The first kappa shape index (κ1) is 16.9. The molecule has 0 radical (unpaired) electrons. The standard InChI is InChI=1S/C17H15N5O5/c1-9(16-20-15(21-27-16)10-5-6-10)26-17(23)13-8-18-14(19-13)11-3-2-4-12(7-11)22(24)25/h2-4,7-10H,5-6H2,1H3,(H,18,19)/t9-/m1/s1. The summed E-state index contributed by atoms with van der Waals surface area (Å²) in [6.45, 7) is 1.64. The molecule has 27 heavy (non-hydrogen) atoms. The first-order valence-corrected chi connectivity index (χ1v) is 8.35. The summed E-state index contributed by atoms with van der Waals surface area (Å²) in [6, 6.07) is 5.95. The SMILES string of the molecule is C[C@@H](OC(=O)c1cnc(-c2cccc([N+](=O)[O-])c2)[nH]1)c1nc(C2CC2)no1. The number of nitrogens with zero attached hydrogens (tertiary/aromatic N) is 4. The number of hydrogen-bond acceptors (Lipinski definition) is 8. The zero-order valence-corrected chi connectivity index (χ0v) is 14.3. The zero-order valence-electron chi connectivity index (χ0n) is 14.3. The number of imidazole rings is 1. The van der Waals surface area contributed by atoms with Gasteiger partial charge in [-0.15, -0.1) is 0 Å². The summed E-state index contributed by atoms with van der Waals surface area (Å²) < 4.78 is 10.5. The molecule has 1 aromatic carbocycles. The number of H-pyrrole nitrogens is 1. The molecule has 2 aromatic heterocycles. The van der Waals surface area contributed by atoms with Gasteiger partial charge in [0.15, 0.2) is 11.9 Å². The van der Waals surface area contributed by atoms with Crippen LogP contribution < -0.4 is 0 Å². The second-order valence-corrected chi connectivity index (χ2v) is 6.27. The summed E-state index contributed by atoms with van der Waals surface area (Å²) in [5.74, 6) is 0.909. The molecule has 0 unspecified atom stereocenters. The zero-order chi connectivity index (χ0) is 19.0. The van der Waals surface area contributed by atoms with Gasteiger partial charge in [0.05, 0.1) is 11.1 Å². The summed E-state index contributed by atoms with van der Waals surface area (Å²) in [7, 11) is 0. The third-order valence-corrected chi connectivity index (χ3v) is 4.16. The number of nitro benzene ring substituents is 1. The molecule has 1 atom stereocenters. The molecule has 1 aliphatic carbocycles. The third-order valence-electron chi connectivity index (χ3n) is 4.16. The number of benzene rings is 1. The van der Waals surface area contributed by atoms with Gasteiger partial charge in [-0.25, -0.2) is 9.78 Å². The fourth-order valence-electron chi connectivity index (χ4n) is 2.53. The topological polar surface area (TPSA) is 137 Å². The normalized spacial score (nSPS) is 14.7. The van der Waals surface area contributed by atoms with Crippen molar-refractivity contribution in [3.63, 3.8) is 0 Å². The molecule has 3 aromatic rings. The highest BCUT2D eigenvalue weighted by molar-refractivity contribution is 5.88. The lowest BCUT2D eigenvalue weighted by atomic mass is 10.2. The number of hydrogen-bond donors (Lipinski definition) is 1. The van der Waals surface area contributed by atoms with Crippen LogP contribution in [0.1, 0.15) is 54.0 Å². The van der Waals surface area contributed by atoms with Gasteiger partial charge in [0, 0.05) is 23.6 Å². The minimum atomic E-state index is -0.706. The van der Waals surface area contributed by atoms with Gasteiger partial charge in [-0.05, 0) is 19.8 Å². The molecule has 0 aliphatic heterocycles. The van der Waals surface area contributed by atoms with E-state index < -0.39 is 17.0 Å². The van der Waals surface area contributed by atoms with Gasteiger partial charge in [0.25, 0.3) is 11.6 Å². The van der Waals surface area contributed by atoms with E-state index in [4.69, 9.17) is 9.26 Å². The summed E-state index contributed by atoms with van der Waals surface area (Å²) in [6.07, 6.45) is 2.69. The second-order valence-electron chi connectivity index (χ2n) is 6.27. The van der Waals surface area contributed by atoms with Crippen molar-refractivity contribution in [3.05, 3.63) is 58.0 Å². The van der Waals surface area contributed by atoms with Crippen LogP contribution >= 0.6 is 0 Å². The Morgan fingerprint density at radius 1 is 1.44 bits per heavy atom. The molecule has 1 aliphatic rings. The molecule has 10 nitrogen and oxygen atoms in total. The van der Waals surface area contributed by atoms with E-state index in [1.807, 2.05) is 0 Å². The molecular weight excluding hydrogens is 354 g/mol. The van der Waals surface area contributed by atoms with E-state index in [1.54, 1.807) is 19.1 Å². The van der Waals surface area contributed by atoms with Gasteiger partial charge < -0.3 is 14.2 Å². The van der Waals surface area contributed by atoms with Crippen molar-refractivity contribution in [1.82, 2.24) is 20.1 Å². The maximum Gasteiger partial charge on any atom is 0.357 e. The number of rotatable bonds is 6. The molecule has 2 heterocycles. The average Bonchev–Trinajstić information content (AvgIpc) is 3.20. The summed E-state index contributed by atoms with van der Waals surface area (Å²) in [5, 5.41) is 14.8. The van der Waals surface area contributed by atoms with Crippen LogP contribution in [0, 0.1) is 10.1 Å². The number of aromatic nitrogens is 4. The van der Waals surface area contributed by atoms with Crippen LogP contribution in [0.2, 0.25) is 0 Å². The lowest BCUT2D eigenvalue weighted by Crippen LogP contribution is -2.10. The second kappa shape index (κ2) is 6.63. The fraction of sp³-hybridized carbons (Fsp3) is 0.294. The summed E-state index contributed by atoms with van der Waals surface area (Å²) in [5.41, 5.74) is 0.539. The number of non-ortho nitro benzene ring substituents is 1. The molecule has 1 fully saturated rings. The summed E-state index contributed by atoms with van der Waals surface area (Å²) in [4.78, 5) is 33.9. The Balaban J connectivity index is 1.46. The van der Waals surface area contributed by atoms with Crippen LogP contribution in [-0.2, 0) is 4.74 Å². The Bertz CT molecular complexity index is 1010. The third kappa shape index (κ3) is 3.54. The fourth-order valence-corrected chi connectivity index (χ4v) is 2.53. The average molecular weight is 369 g/mol. The van der Waals surface area contributed by atoms with E-state index in [2.05, 4.69) is 20.1 Å². The van der Waals surface area contributed by atoms with E-state index in [9.17, 15) is 14.9 Å². The van der Waals surface area contributed by atoms with E-state index in [-0.39, 0.29) is 17.3 Å². The molecule has 1 N–H and O–H groups in total. The number of ether oxygens (including phenoxy) is 1. The smallest absolute Gasteiger partial charge is 0.357 e. The van der Waals surface area contributed by atoms with Crippen LogP contribution in [-0.4, -0.2) is 31.0 Å². The highest BCUT2D eigenvalue weighted by atomic mass is 16.6. The number of nitrogens with one attached hydrogen (secondary N) is 1. The summed E-state index contributed by atoms with van der Waals surface area (Å²) >= 11 is 0. The van der Waals surface area contributed by atoms with Crippen molar-refractivity contribution >= 4 is 11.7 Å². The molecule has 1 saturated carbocycles. The molecule has 0 amide bonds. The van der Waals surface area contributed by atoms with E-state index in [0.29, 0.717) is 23.1 Å². The van der Waals surface area contributed by atoms with Crippen molar-refractivity contribution in [2.75, 3.05) is 0 Å². The predicted octanol–water partition coefficient (Wildman–Crippen LogP) is 3.16. The van der Waals surface area contributed by atoms with Crippen molar-refractivity contribution in [2.24, 2.45) is 0 Å². The molecule has 0 spiro atoms. The number of esters is 1. The Morgan fingerprint density at radius 3 is 3.00 bits per heavy atom. The first-order chi connectivity index (χ1) is 13.0. The van der Waals surface area contributed by atoms with E-state index in [1.165, 1.54) is 18.3 Å². The van der Waals surface area contributed by atoms with Gasteiger partial charge in [0.1, 0.15) is 11.5 Å². The molecule has 0 bridgehead atoms. The maximum atomic E-state index is 12.3. The number of aromatic amines is 1. The molecule has 138 valence electrons. The first-order valence-electron chi connectivity index (χ1n) is 8.35. The highest BCUT2D eigenvalue weighted by Crippen LogP contribution is 2.38. The Kier molecular flexibility index (Phi) is 4.15. The van der Waals surface area contributed by atoms with Crippen molar-refractivity contribution < 1.29 is 19.0 Å². The van der Waals surface area contributed by atoms with Gasteiger partial charge in [0.2, 0.25) is 0 Å². The van der Waals surface area contributed by atoms with Crippen LogP contribution in [0.15, 0.2) is 35.0 Å². The minimum Gasteiger partial charge on any atom is -0.448 e. The quantitative estimate of drug-likeness (QED) is 0.397. The maximum absolute atomic E-state index is 12.3. The van der Waals surface area contributed by atoms with Gasteiger partial charge in [-0.1, -0.05) is 17.3 Å². The Hall–Kier alpha value is -3.56. The molecule has 10 heteroatoms. The van der Waals surface area contributed by atoms with Gasteiger partial charge >= 0.3 is 5.97 Å². The molecular formula is C17H15N5O5. The molecule has 4 rings (SSSR count). The number of nitro groups is 1. The largest absolute Gasteiger partial charge is 0.448 e. The van der Waals surface area contributed by atoms with E-state index in [0.717, 1.165) is 12.8 Å². The number of carbonyl (C=O) groups excluding carboxylic acids is 1.